The van der Waals surface area contributed by atoms with Crippen molar-refractivity contribution in [3.8, 4) is 0 Å². The lowest BCUT2D eigenvalue weighted by molar-refractivity contribution is 0.300. The van der Waals surface area contributed by atoms with Gasteiger partial charge in [-0.15, -0.1) is 11.3 Å². The monoisotopic (exact) mass is 315 g/mol. The minimum absolute atomic E-state index is 0.0162. The molecule has 1 atom stereocenters. The Kier molecular flexibility index (Phi) is 4.98. The normalized spacial score (nSPS) is 13.5. The van der Waals surface area contributed by atoms with Crippen LogP contribution in [0.4, 0.5) is 0 Å². The van der Waals surface area contributed by atoms with Gasteiger partial charge in [0.1, 0.15) is 9.97 Å². The summed E-state index contributed by atoms with van der Waals surface area (Å²) in [6, 6.07) is 6.63. The van der Waals surface area contributed by atoms with Gasteiger partial charge in [0.05, 0.1) is 6.26 Å². The second-order valence-corrected chi connectivity index (χ2v) is 7.61. The van der Waals surface area contributed by atoms with E-state index in [1.54, 1.807) is 31.4 Å². The van der Waals surface area contributed by atoms with Gasteiger partial charge < -0.3 is 9.52 Å². The molecule has 0 spiro atoms. The zero-order valence-electron chi connectivity index (χ0n) is 11.1. The zero-order chi connectivity index (χ0) is 14.6. The minimum atomic E-state index is -3.51. The third-order valence-corrected chi connectivity index (χ3v) is 5.93. The summed E-state index contributed by atoms with van der Waals surface area (Å²) in [5, 5.41) is 8.85. The first-order chi connectivity index (χ1) is 9.51. The molecule has 2 rings (SSSR count). The molecule has 0 saturated carbocycles. The number of hydrogen-bond acceptors (Lipinski definition) is 5. The maximum Gasteiger partial charge on any atom is 0.250 e. The first-order valence-electron chi connectivity index (χ1n) is 6.25. The molecule has 0 radical (unpaired) electrons. The van der Waals surface area contributed by atoms with Crippen molar-refractivity contribution in [2.75, 3.05) is 6.61 Å². The largest absolute Gasteiger partial charge is 0.469 e. The highest BCUT2D eigenvalue weighted by molar-refractivity contribution is 7.91. The van der Waals surface area contributed by atoms with E-state index < -0.39 is 10.0 Å². The lowest BCUT2D eigenvalue weighted by Gasteiger charge is -2.11. The number of sulfonamides is 1. The van der Waals surface area contributed by atoms with Crippen LogP contribution in [0.3, 0.4) is 0 Å². The van der Waals surface area contributed by atoms with Gasteiger partial charge in [-0.2, -0.15) is 0 Å². The van der Waals surface area contributed by atoms with Crippen molar-refractivity contribution in [3.63, 3.8) is 0 Å². The van der Waals surface area contributed by atoms with Crippen molar-refractivity contribution >= 4 is 21.4 Å². The molecule has 2 N–H and O–H groups in total. The topological polar surface area (TPSA) is 79.5 Å². The molecule has 0 amide bonds. The second-order valence-electron chi connectivity index (χ2n) is 4.50. The van der Waals surface area contributed by atoms with E-state index in [1.165, 1.54) is 11.3 Å². The molecule has 2 aromatic rings. The first-order valence-corrected chi connectivity index (χ1v) is 8.55. The van der Waals surface area contributed by atoms with Crippen LogP contribution in [-0.2, 0) is 22.9 Å². The molecule has 20 heavy (non-hydrogen) atoms. The molecular formula is C13H17NO4S2. The Bertz CT molecular complexity index is 631. The van der Waals surface area contributed by atoms with Crippen molar-refractivity contribution in [2.45, 2.75) is 30.0 Å². The number of nitrogens with one attached hydrogen (secondary N) is 1. The molecule has 0 aromatic carbocycles. The average molecular weight is 315 g/mol. The number of furan rings is 1. The molecule has 5 nitrogen and oxygen atoms in total. The van der Waals surface area contributed by atoms with Gasteiger partial charge in [-0.1, -0.05) is 0 Å². The summed E-state index contributed by atoms with van der Waals surface area (Å²) in [4.78, 5) is 0.853. The van der Waals surface area contributed by atoms with Crippen LogP contribution in [0.2, 0.25) is 0 Å². The smallest absolute Gasteiger partial charge is 0.250 e. The molecular weight excluding hydrogens is 298 g/mol. The summed E-state index contributed by atoms with van der Waals surface area (Å²) in [5.74, 6) is 0.743. The van der Waals surface area contributed by atoms with Crippen LogP contribution >= 0.6 is 11.3 Å². The predicted molar refractivity (Wildman–Crippen MR) is 77.3 cm³/mol. The molecule has 0 fully saturated rings. The fraction of sp³-hybridized carbons (Fsp3) is 0.385. The average Bonchev–Trinajstić information content (AvgIpc) is 3.00. The summed E-state index contributed by atoms with van der Waals surface area (Å²) in [5.41, 5.74) is 0. The van der Waals surface area contributed by atoms with Gasteiger partial charge in [0.25, 0.3) is 0 Å². The van der Waals surface area contributed by atoms with E-state index >= 15 is 0 Å². The number of aliphatic hydroxyl groups is 1. The van der Waals surface area contributed by atoms with Crippen LogP contribution in [0.1, 0.15) is 17.6 Å². The van der Waals surface area contributed by atoms with Crippen molar-refractivity contribution in [2.24, 2.45) is 0 Å². The molecule has 0 bridgehead atoms. The SMILES string of the molecule is CC(Cc1ccco1)NS(=O)(=O)c1ccc(CCO)s1. The summed E-state index contributed by atoms with van der Waals surface area (Å²) >= 11 is 1.18. The van der Waals surface area contributed by atoms with Crippen LogP contribution in [-0.4, -0.2) is 26.2 Å². The van der Waals surface area contributed by atoms with E-state index in [-0.39, 0.29) is 16.9 Å². The Morgan fingerprint density at radius 2 is 2.20 bits per heavy atom. The van der Waals surface area contributed by atoms with Crippen LogP contribution in [0, 0.1) is 0 Å². The summed E-state index contributed by atoms with van der Waals surface area (Å²) in [7, 11) is -3.51. The van der Waals surface area contributed by atoms with Gasteiger partial charge in [-0.3, -0.25) is 0 Å². The summed E-state index contributed by atoms with van der Waals surface area (Å²) < 4.78 is 32.5. The van der Waals surface area contributed by atoms with Gasteiger partial charge in [-0.05, 0) is 31.2 Å². The Morgan fingerprint density at radius 3 is 2.85 bits per heavy atom. The standard InChI is InChI=1S/C13H17NO4S2/c1-10(9-11-3-2-8-18-11)14-20(16,17)13-5-4-12(19-13)6-7-15/h2-5,8,10,14-15H,6-7,9H2,1H3. The highest BCUT2D eigenvalue weighted by atomic mass is 32.2. The Labute approximate surface area is 122 Å². The maximum absolute atomic E-state index is 12.2. The van der Waals surface area contributed by atoms with E-state index in [4.69, 9.17) is 9.52 Å². The highest BCUT2D eigenvalue weighted by Gasteiger charge is 2.20. The van der Waals surface area contributed by atoms with Gasteiger partial charge in [0.15, 0.2) is 0 Å². The molecule has 7 heteroatoms. The van der Waals surface area contributed by atoms with Crippen molar-refractivity contribution in [1.29, 1.82) is 0 Å². The molecule has 2 aromatic heterocycles. The summed E-state index contributed by atoms with van der Waals surface area (Å²) in [6.07, 6.45) is 2.54. The zero-order valence-corrected chi connectivity index (χ0v) is 12.7. The number of aliphatic hydroxyl groups excluding tert-OH is 1. The lowest BCUT2D eigenvalue weighted by atomic mass is 10.2. The Balaban J connectivity index is 2.02. The molecule has 110 valence electrons. The van der Waals surface area contributed by atoms with E-state index in [1.807, 2.05) is 6.07 Å². The predicted octanol–water partition coefficient (Wildman–Crippen LogP) is 1.79. The fourth-order valence-corrected chi connectivity index (χ4v) is 4.45. The van der Waals surface area contributed by atoms with E-state index in [0.29, 0.717) is 12.8 Å². The molecule has 0 aliphatic rings. The number of thiophene rings is 1. The van der Waals surface area contributed by atoms with E-state index in [9.17, 15) is 8.42 Å². The van der Waals surface area contributed by atoms with Gasteiger partial charge in [0.2, 0.25) is 10.0 Å². The van der Waals surface area contributed by atoms with Crippen LogP contribution in [0.15, 0.2) is 39.2 Å². The highest BCUT2D eigenvalue weighted by Crippen LogP contribution is 2.22. The molecule has 0 aliphatic carbocycles. The Morgan fingerprint density at radius 1 is 1.40 bits per heavy atom. The van der Waals surface area contributed by atoms with Gasteiger partial charge in [-0.25, -0.2) is 13.1 Å². The number of rotatable bonds is 7. The van der Waals surface area contributed by atoms with Crippen LogP contribution in [0.5, 0.6) is 0 Å². The van der Waals surface area contributed by atoms with Gasteiger partial charge >= 0.3 is 0 Å². The van der Waals surface area contributed by atoms with Crippen molar-refractivity contribution in [1.82, 2.24) is 4.72 Å². The fourth-order valence-electron chi connectivity index (χ4n) is 1.84. The van der Waals surface area contributed by atoms with Gasteiger partial charge in [0, 0.05) is 30.4 Å². The number of hydrogen-bond donors (Lipinski definition) is 2. The minimum Gasteiger partial charge on any atom is -0.469 e. The van der Waals surface area contributed by atoms with E-state index in [2.05, 4.69) is 4.72 Å². The third kappa shape index (κ3) is 3.92. The first kappa shape index (κ1) is 15.2. The molecule has 1 unspecified atom stereocenters. The van der Waals surface area contributed by atoms with Crippen molar-refractivity contribution < 1.29 is 17.9 Å². The molecule has 0 aliphatic heterocycles. The quantitative estimate of drug-likeness (QED) is 0.816. The maximum atomic E-state index is 12.2. The third-order valence-electron chi connectivity index (χ3n) is 2.70. The molecule has 0 saturated heterocycles. The van der Waals surface area contributed by atoms with Crippen LogP contribution < -0.4 is 4.72 Å². The van der Waals surface area contributed by atoms with Crippen molar-refractivity contribution in [3.05, 3.63) is 41.2 Å². The van der Waals surface area contributed by atoms with Crippen LogP contribution in [0.25, 0.3) is 0 Å². The molecule has 2 heterocycles. The summed E-state index contributed by atoms with van der Waals surface area (Å²) in [6.45, 7) is 1.81. The van der Waals surface area contributed by atoms with E-state index in [0.717, 1.165) is 10.6 Å². The Hall–Kier alpha value is -1.15. The second kappa shape index (κ2) is 6.53. The lowest BCUT2D eigenvalue weighted by Crippen LogP contribution is -2.33.